The zero-order valence-electron chi connectivity index (χ0n) is 18.0. The fourth-order valence-corrected chi connectivity index (χ4v) is 3.24. The summed E-state index contributed by atoms with van der Waals surface area (Å²) in [6.45, 7) is -0.142. The van der Waals surface area contributed by atoms with Crippen LogP contribution in [0.1, 0.15) is 71.1 Å². The van der Waals surface area contributed by atoms with Gasteiger partial charge in [-0.15, -0.1) is 0 Å². The molecular weight excluding hydrogens is 415 g/mol. The summed E-state index contributed by atoms with van der Waals surface area (Å²) in [4.78, 5) is 21.3. The van der Waals surface area contributed by atoms with Crippen molar-refractivity contribution in [3.05, 3.63) is 12.2 Å². The first kappa shape index (κ1) is 29.2. The van der Waals surface area contributed by atoms with Crippen LogP contribution in [0.5, 0.6) is 0 Å². The van der Waals surface area contributed by atoms with E-state index in [2.05, 4.69) is 28.1 Å². The summed E-state index contributed by atoms with van der Waals surface area (Å²) in [6.07, 6.45) is 11.8. The number of ether oxygens (including phenoxy) is 1. The first-order valence-corrected chi connectivity index (χ1v) is 12.2. The largest absolute Gasteiger partial charge is 0.472 e. The molecule has 0 aromatic carbocycles. The van der Waals surface area contributed by atoms with E-state index in [1.54, 1.807) is 0 Å². The van der Waals surface area contributed by atoms with Crippen LogP contribution in [0.3, 0.4) is 0 Å². The number of hydrogen-bond donors (Lipinski definition) is 4. The highest BCUT2D eigenvalue weighted by atomic mass is 31.2. The number of hydrogen-bond acceptors (Lipinski definition) is 8. The van der Waals surface area contributed by atoms with Gasteiger partial charge in [0, 0.05) is 6.42 Å². The number of aliphatic hydroxyl groups is 3. The molecule has 0 spiro atoms. The van der Waals surface area contributed by atoms with Crippen molar-refractivity contribution in [1.29, 1.82) is 0 Å². The van der Waals surface area contributed by atoms with E-state index < -0.39 is 52.4 Å². The average molecular weight is 454 g/mol. The number of unbranched alkanes of at least 4 members (excludes halogenated alkanes) is 7. The van der Waals surface area contributed by atoms with E-state index in [1.807, 2.05) is 0 Å². The first-order valence-electron chi connectivity index (χ1n) is 10.7. The SMILES string of the molecule is CCCCCC/C=C\CCCCCC(=O)O[C@H](CO)COP(=O)(O)OC[C@@H](O)CO. The lowest BCUT2D eigenvalue weighted by Gasteiger charge is -2.18. The zero-order chi connectivity index (χ0) is 22.7. The average Bonchev–Trinajstić information content (AvgIpc) is 2.73. The second-order valence-corrected chi connectivity index (χ2v) is 8.56. The minimum atomic E-state index is -4.50. The maximum Gasteiger partial charge on any atom is 0.472 e. The number of phosphoric acid groups is 1. The molecule has 1 unspecified atom stereocenters. The Morgan fingerprint density at radius 3 is 2.10 bits per heavy atom. The molecule has 0 aliphatic rings. The van der Waals surface area contributed by atoms with Crippen LogP contribution in [0, 0.1) is 0 Å². The van der Waals surface area contributed by atoms with E-state index >= 15 is 0 Å². The van der Waals surface area contributed by atoms with Crippen LogP contribution in [0.15, 0.2) is 12.2 Å². The summed E-state index contributed by atoms with van der Waals surface area (Å²) in [6, 6.07) is 0. The molecule has 0 aromatic heterocycles. The topological polar surface area (TPSA) is 143 Å². The smallest absolute Gasteiger partial charge is 0.457 e. The van der Waals surface area contributed by atoms with Crippen LogP contribution < -0.4 is 0 Å². The van der Waals surface area contributed by atoms with E-state index in [0.29, 0.717) is 6.42 Å². The van der Waals surface area contributed by atoms with E-state index in [9.17, 15) is 19.4 Å². The number of aliphatic hydroxyl groups excluding tert-OH is 3. The van der Waals surface area contributed by atoms with Gasteiger partial charge >= 0.3 is 13.8 Å². The summed E-state index contributed by atoms with van der Waals surface area (Å²) in [5, 5.41) is 27.0. The maximum absolute atomic E-state index is 11.8. The second kappa shape index (κ2) is 18.9. The van der Waals surface area contributed by atoms with E-state index in [0.717, 1.165) is 25.7 Å². The molecule has 0 rings (SSSR count). The molecular formula is C20H39O9P. The fourth-order valence-electron chi connectivity index (χ4n) is 2.45. The van der Waals surface area contributed by atoms with Gasteiger partial charge in [0.1, 0.15) is 12.2 Å². The third-order valence-electron chi connectivity index (χ3n) is 4.21. The van der Waals surface area contributed by atoms with Crippen LogP contribution >= 0.6 is 7.82 Å². The highest BCUT2D eigenvalue weighted by molar-refractivity contribution is 7.47. The number of carbonyl (C=O) groups is 1. The van der Waals surface area contributed by atoms with Gasteiger partial charge in [-0.05, 0) is 32.1 Å². The molecule has 0 aliphatic carbocycles. The van der Waals surface area contributed by atoms with Gasteiger partial charge in [0.15, 0.2) is 0 Å². The van der Waals surface area contributed by atoms with Crippen LogP contribution in [-0.2, 0) is 23.1 Å². The molecule has 0 heterocycles. The molecule has 0 saturated heterocycles. The van der Waals surface area contributed by atoms with Crippen LogP contribution in [0.25, 0.3) is 0 Å². The first-order chi connectivity index (χ1) is 14.3. The molecule has 0 aromatic rings. The highest BCUT2D eigenvalue weighted by Gasteiger charge is 2.25. The molecule has 4 N–H and O–H groups in total. The molecule has 0 fully saturated rings. The molecule has 3 atom stereocenters. The maximum atomic E-state index is 11.8. The van der Waals surface area contributed by atoms with Crippen molar-refractivity contribution >= 4 is 13.8 Å². The lowest BCUT2D eigenvalue weighted by molar-refractivity contribution is -0.153. The summed E-state index contributed by atoms with van der Waals surface area (Å²) in [5.41, 5.74) is 0. The molecule has 178 valence electrons. The van der Waals surface area contributed by atoms with Crippen molar-refractivity contribution in [1.82, 2.24) is 0 Å². The predicted molar refractivity (Wildman–Crippen MR) is 113 cm³/mol. The van der Waals surface area contributed by atoms with Crippen LogP contribution in [-0.4, -0.2) is 64.8 Å². The van der Waals surface area contributed by atoms with Gasteiger partial charge in [-0.2, -0.15) is 0 Å². The number of carbonyl (C=O) groups excluding carboxylic acids is 1. The third-order valence-corrected chi connectivity index (χ3v) is 5.16. The molecule has 0 bridgehead atoms. The summed E-state index contributed by atoms with van der Waals surface area (Å²) in [5.74, 6) is -0.520. The van der Waals surface area contributed by atoms with Crippen molar-refractivity contribution in [2.24, 2.45) is 0 Å². The van der Waals surface area contributed by atoms with Gasteiger partial charge < -0.3 is 24.9 Å². The van der Waals surface area contributed by atoms with Gasteiger partial charge in [-0.3, -0.25) is 13.8 Å². The molecule has 9 nitrogen and oxygen atoms in total. The van der Waals surface area contributed by atoms with Gasteiger partial charge in [-0.1, -0.05) is 44.8 Å². The Balaban J connectivity index is 3.86. The Hall–Kier alpha value is -0.800. The van der Waals surface area contributed by atoms with Crippen molar-refractivity contribution in [3.8, 4) is 0 Å². The lowest BCUT2D eigenvalue weighted by Crippen LogP contribution is -2.27. The summed E-state index contributed by atoms with van der Waals surface area (Å²) >= 11 is 0. The van der Waals surface area contributed by atoms with Gasteiger partial charge in [0.2, 0.25) is 0 Å². The third kappa shape index (κ3) is 18.0. The standard InChI is InChI=1S/C20H39O9P/c1-2-3-4-5-6-7-8-9-10-11-12-13-20(24)29-19(15-22)17-28-30(25,26)27-16-18(23)14-21/h7-8,18-19,21-23H,2-6,9-17H2,1H3,(H,25,26)/b8-7-/t18-,19+/m0/s1. The monoisotopic (exact) mass is 454 g/mol. The summed E-state index contributed by atoms with van der Waals surface area (Å²) in [7, 11) is -4.50. The molecule has 0 radical (unpaired) electrons. The number of esters is 1. The second-order valence-electron chi connectivity index (χ2n) is 7.11. The van der Waals surface area contributed by atoms with Gasteiger partial charge in [0.05, 0.1) is 26.4 Å². The lowest BCUT2D eigenvalue weighted by atomic mass is 10.1. The van der Waals surface area contributed by atoms with Crippen molar-refractivity contribution in [2.75, 3.05) is 26.4 Å². The van der Waals surface area contributed by atoms with E-state index in [4.69, 9.17) is 14.9 Å². The normalized spacial score (nSPS) is 15.8. The Bertz CT molecular complexity index is 499. The zero-order valence-corrected chi connectivity index (χ0v) is 18.9. The number of rotatable bonds is 20. The molecule has 0 saturated carbocycles. The number of phosphoric ester groups is 1. The van der Waals surface area contributed by atoms with Crippen molar-refractivity contribution in [2.45, 2.75) is 83.3 Å². The fraction of sp³-hybridized carbons (Fsp3) is 0.850. The Morgan fingerprint density at radius 1 is 0.933 bits per heavy atom. The van der Waals surface area contributed by atoms with Crippen molar-refractivity contribution in [3.63, 3.8) is 0 Å². The Kier molecular flexibility index (Phi) is 18.4. The Morgan fingerprint density at radius 2 is 1.53 bits per heavy atom. The van der Waals surface area contributed by atoms with Gasteiger partial charge in [-0.25, -0.2) is 4.57 Å². The molecule has 0 aliphatic heterocycles. The minimum Gasteiger partial charge on any atom is -0.457 e. The minimum absolute atomic E-state index is 0.188. The van der Waals surface area contributed by atoms with Crippen LogP contribution in [0.2, 0.25) is 0 Å². The molecule has 10 heteroatoms. The highest BCUT2D eigenvalue weighted by Crippen LogP contribution is 2.43. The number of allylic oxidation sites excluding steroid dienone is 2. The van der Waals surface area contributed by atoms with Crippen LogP contribution in [0.4, 0.5) is 0 Å². The quantitative estimate of drug-likeness (QED) is 0.0945. The molecule has 0 amide bonds. The summed E-state index contributed by atoms with van der Waals surface area (Å²) < 4.78 is 25.8. The van der Waals surface area contributed by atoms with Crippen molar-refractivity contribution < 1.29 is 43.4 Å². The predicted octanol–water partition coefficient (Wildman–Crippen LogP) is 2.85. The molecule has 30 heavy (non-hydrogen) atoms. The van der Waals surface area contributed by atoms with Gasteiger partial charge in [0.25, 0.3) is 0 Å². The van der Waals surface area contributed by atoms with E-state index in [-0.39, 0.29) is 6.42 Å². The Labute approximate surface area is 179 Å². The van der Waals surface area contributed by atoms with E-state index in [1.165, 1.54) is 25.7 Å².